The van der Waals surface area contributed by atoms with Crippen LogP contribution in [0.2, 0.25) is 0 Å². The number of quaternary nitrogens is 1. The van der Waals surface area contributed by atoms with Gasteiger partial charge in [0.1, 0.15) is 6.54 Å². The zero-order valence-corrected chi connectivity index (χ0v) is 11.2. The van der Waals surface area contributed by atoms with E-state index in [-0.39, 0.29) is 5.97 Å². The lowest BCUT2D eigenvalue weighted by molar-refractivity contribution is -0.922. The van der Waals surface area contributed by atoms with Crippen LogP contribution in [0.3, 0.4) is 0 Å². The summed E-state index contributed by atoms with van der Waals surface area (Å²) in [5.74, 6) is 0.573. The summed E-state index contributed by atoms with van der Waals surface area (Å²) in [6.45, 7) is 5.92. The lowest BCUT2D eigenvalue weighted by Crippen LogP contribution is -3.12. The van der Waals surface area contributed by atoms with Gasteiger partial charge in [0, 0.05) is 11.5 Å². The van der Waals surface area contributed by atoms with Crippen molar-refractivity contribution in [3.8, 4) is 0 Å². The van der Waals surface area contributed by atoms with Crippen molar-refractivity contribution in [1.82, 2.24) is 0 Å². The Balaban J connectivity index is 1.95. The van der Waals surface area contributed by atoms with Gasteiger partial charge in [0.25, 0.3) is 0 Å². The fraction of sp³-hybridized carbons (Fsp3) is 0.533. The molecular weight excluding hydrogens is 226 g/mol. The van der Waals surface area contributed by atoms with Crippen molar-refractivity contribution in [2.75, 3.05) is 20.2 Å². The molecule has 1 aliphatic heterocycles. The normalized spacial score (nSPS) is 23.7. The minimum atomic E-state index is -0.263. The molecule has 1 N–H and O–H groups in total. The van der Waals surface area contributed by atoms with Gasteiger partial charge in [0.05, 0.1) is 25.8 Å². The SMILES string of the molecule is COC(=O)c1ccc(C[NH+]2CCC[C@H](C)C2)cc1. The fourth-order valence-electron chi connectivity index (χ4n) is 2.72. The van der Waals surface area contributed by atoms with Crippen LogP contribution in [-0.4, -0.2) is 26.2 Å². The molecule has 0 radical (unpaired) electrons. The number of hydrogen-bond donors (Lipinski definition) is 1. The number of hydrogen-bond acceptors (Lipinski definition) is 2. The van der Waals surface area contributed by atoms with Crippen molar-refractivity contribution in [2.24, 2.45) is 5.92 Å². The van der Waals surface area contributed by atoms with Crippen molar-refractivity contribution >= 4 is 5.97 Å². The van der Waals surface area contributed by atoms with Crippen LogP contribution < -0.4 is 4.90 Å². The first-order valence-electron chi connectivity index (χ1n) is 6.70. The third kappa shape index (κ3) is 3.33. The number of carbonyl (C=O) groups excluding carboxylic acids is 1. The van der Waals surface area contributed by atoms with Crippen molar-refractivity contribution in [3.63, 3.8) is 0 Å². The summed E-state index contributed by atoms with van der Waals surface area (Å²) < 4.78 is 4.70. The van der Waals surface area contributed by atoms with Gasteiger partial charge in [0.2, 0.25) is 0 Å². The molecular formula is C15H22NO2+. The highest BCUT2D eigenvalue weighted by Crippen LogP contribution is 2.08. The molecule has 0 bridgehead atoms. The second-order valence-electron chi connectivity index (χ2n) is 5.32. The molecule has 1 unspecified atom stereocenters. The van der Waals surface area contributed by atoms with E-state index in [1.807, 2.05) is 24.3 Å². The highest BCUT2D eigenvalue weighted by Gasteiger charge is 2.19. The molecule has 1 aromatic rings. The Kier molecular flexibility index (Phi) is 4.37. The maximum atomic E-state index is 11.3. The fourth-order valence-corrected chi connectivity index (χ4v) is 2.72. The quantitative estimate of drug-likeness (QED) is 0.817. The van der Waals surface area contributed by atoms with Crippen molar-refractivity contribution in [3.05, 3.63) is 35.4 Å². The zero-order chi connectivity index (χ0) is 13.0. The molecule has 0 amide bonds. The Morgan fingerprint density at radius 1 is 1.39 bits per heavy atom. The largest absolute Gasteiger partial charge is 0.465 e. The maximum Gasteiger partial charge on any atom is 0.337 e. The van der Waals surface area contributed by atoms with E-state index in [0.717, 1.165) is 12.5 Å². The predicted octanol–water partition coefficient (Wildman–Crippen LogP) is 1.29. The molecule has 98 valence electrons. The van der Waals surface area contributed by atoms with Crippen LogP contribution in [0.15, 0.2) is 24.3 Å². The summed E-state index contributed by atoms with van der Waals surface area (Å²) in [5.41, 5.74) is 1.93. The van der Waals surface area contributed by atoms with Crippen molar-refractivity contribution < 1.29 is 14.4 Å². The van der Waals surface area contributed by atoms with Crippen molar-refractivity contribution in [1.29, 1.82) is 0 Å². The van der Waals surface area contributed by atoms with E-state index in [0.29, 0.717) is 5.56 Å². The Labute approximate surface area is 109 Å². The molecule has 1 fully saturated rings. The molecule has 0 aliphatic carbocycles. The molecule has 3 nitrogen and oxygen atoms in total. The van der Waals surface area contributed by atoms with Gasteiger partial charge in [-0.2, -0.15) is 0 Å². The number of methoxy groups -OCH3 is 1. The van der Waals surface area contributed by atoms with Gasteiger partial charge < -0.3 is 9.64 Å². The smallest absolute Gasteiger partial charge is 0.337 e. The number of piperidine rings is 1. The van der Waals surface area contributed by atoms with E-state index in [9.17, 15) is 4.79 Å². The number of benzene rings is 1. The topological polar surface area (TPSA) is 30.7 Å². The van der Waals surface area contributed by atoms with Crippen LogP contribution in [0.1, 0.15) is 35.7 Å². The van der Waals surface area contributed by atoms with Gasteiger partial charge in [-0.3, -0.25) is 0 Å². The minimum absolute atomic E-state index is 0.263. The second-order valence-corrected chi connectivity index (χ2v) is 5.32. The first-order chi connectivity index (χ1) is 8.69. The summed E-state index contributed by atoms with van der Waals surface area (Å²) in [4.78, 5) is 13.0. The Bertz CT molecular complexity index is 399. The third-order valence-electron chi connectivity index (χ3n) is 3.69. The molecule has 2 atom stereocenters. The van der Waals surface area contributed by atoms with Crippen molar-refractivity contribution in [2.45, 2.75) is 26.3 Å². The molecule has 0 aromatic heterocycles. The van der Waals surface area contributed by atoms with Crippen LogP contribution in [0.4, 0.5) is 0 Å². The predicted molar refractivity (Wildman–Crippen MR) is 70.6 cm³/mol. The van der Waals surface area contributed by atoms with Crippen LogP contribution in [-0.2, 0) is 11.3 Å². The Morgan fingerprint density at radius 2 is 2.11 bits per heavy atom. The molecule has 0 spiro atoms. The van der Waals surface area contributed by atoms with Gasteiger partial charge in [-0.25, -0.2) is 4.79 Å². The first-order valence-corrected chi connectivity index (χ1v) is 6.70. The number of nitrogens with one attached hydrogen (secondary N) is 1. The molecule has 1 heterocycles. The monoisotopic (exact) mass is 248 g/mol. The average Bonchev–Trinajstić information content (AvgIpc) is 2.39. The summed E-state index contributed by atoms with van der Waals surface area (Å²) in [6, 6.07) is 7.79. The standard InChI is InChI=1S/C15H21NO2/c1-12-4-3-9-16(10-12)11-13-5-7-14(8-6-13)15(17)18-2/h5-8,12H,3-4,9-11H2,1-2H3/p+1/t12-/m0/s1. The molecule has 1 saturated heterocycles. The summed E-state index contributed by atoms with van der Waals surface area (Å²) in [6.07, 6.45) is 2.70. The number of esters is 1. The van der Waals surface area contributed by atoms with Crippen LogP contribution in [0.25, 0.3) is 0 Å². The van der Waals surface area contributed by atoms with Crippen LogP contribution in [0.5, 0.6) is 0 Å². The zero-order valence-electron chi connectivity index (χ0n) is 11.2. The number of rotatable bonds is 3. The highest BCUT2D eigenvalue weighted by atomic mass is 16.5. The maximum absolute atomic E-state index is 11.3. The summed E-state index contributed by atoms with van der Waals surface area (Å²) >= 11 is 0. The molecule has 2 rings (SSSR count). The molecule has 0 saturated carbocycles. The van der Waals surface area contributed by atoms with E-state index in [4.69, 9.17) is 4.74 Å². The van der Waals surface area contributed by atoms with Gasteiger partial charge in [-0.05, 0) is 25.0 Å². The molecule has 3 heteroatoms. The summed E-state index contributed by atoms with van der Waals surface area (Å²) in [5, 5.41) is 0. The first kappa shape index (κ1) is 13.1. The van der Waals surface area contributed by atoms with Gasteiger partial charge >= 0.3 is 5.97 Å². The number of likely N-dealkylation sites (tertiary alicyclic amines) is 1. The summed E-state index contributed by atoms with van der Waals surface area (Å²) in [7, 11) is 1.41. The second kappa shape index (κ2) is 6.01. The van der Waals surface area contributed by atoms with Crippen LogP contribution in [0, 0.1) is 5.92 Å². The van der Waals surface area contributed by atoms with Gasteiger partial charge in [-0.15, -0.1) is 0 Å². The van der Waals surface area contributed by atoms with Gasteiger partial charge in [0.15, 0.2) is 0 Å². The van der Waals surface area contributed by atoms with E-state index >= 15 is 0 Å². The van der Waals surface area contributed by atoms with E-state index in [2.05, 4.69) is 6.92 Å². The number of carbonyl (C=O) groups is 1. The number of ether oxygens (including phenoxy) is 1. The molecule has 1 aliphatic rings. The lowest BCUT2D eigenvalue weighted by atomic mass is 9.99. The lowest BCUT2D eigenvalue weighted by Gasteiger charge is -2.27. The molecule has 1 aromatic carbocycles. The van der Waals surface area contributed by atoms with E-state index in [1.165, 1.54) is 38.6 Å². The van der Waals surface area contributed by atoms with E-state index in [1.54, 1.807) is 4.90 Å². The van der Waals surface area contributed by atoms with Gasteiger partial charge in [-0.1, -0.05) is 19.1 Å². The Hall–Kier alpha value is -1.35. The highest BCUT2D eigenvalue weighted by molar-refractivity contribution is 5.89. The van der Waals surface area contributed by atoms with Crippen LogP contribution >= 0.6 is 0 Å². The average molecular weight is 248 g/mol. The third-order valence-corrected chi connectivity index (χ3v) is 3.69. The van der Waals surface area contributed by atoms with E-state index < -0.39 is 0 Å². The minimum Gasteiger partial charge on any atom is -0.465 e. The molecule has 18 heavy (non-hydrogen) atoms. The Morgan fingerprint density at radius 3 is 2.72 bits per heavy atom.